The summed E-state index contributed by atoms with van der Waals surface area (Å²) in [5, 5.41) is 17.0. The summed E-state index contributed by atoms with van der Waals surface area (Å²) in [5.74, 6) is -0.921. The van der Waals surface area contributed by atoms with E-state index in [1.807, 2.05) is 12.2 Å². The van der Waals surface area contributed by atoms with Gasteiger partial charge in [-0.1, -0.05) is 68.9 Å². The minimum atomic E-state index is -0.921. The second-order valence-electron chi connectivity index (χ2n) is 4.85. The Morgan fingerprint density at radius 3 is 1.90 bits per heavy atom. The average Bonchev–Trinajstić information content (AvgIpc) is 2.43. The Bertz CT molecular complexity index is 303. The Kier molecular flexibility index (Phi) is 14.6. The third-order valence-corrected chi connectivity index (χ3v) is 2.99. The van der Waals surface area contributed by atoms with Gasteiger partial charge in [0.05, 0.1) is 0 Å². The number of unbranched alkanes of at least 4 members (excludes halogenated alkanes) is 8. The van der Waals surface area contributed by atoms with Crippen LogP contribution in [0.1, 0.15) is 57.8 Å². The molecule has 3 nitrogen and oxygen atoms in total. The maximum Gasteiger partial charge on any atom is 0.328 e. The summed E-state index contributed by atoms with van der Waals surface area (Å²) in [5.41, 5.74) is 0. The Morgan fingerprint density at radius 1 is 0.750 bits per heavy atom. The van der Waals surface area contributed by atoms with Crippen LogP contribution in [0.4, 0.5) is 0 Å². The van der Waals surface area contributed by atoms with Gasteiger partial charge in [-0.15, -0.1) is 0 Å². The number of aliphatic carboxylic acids is 1. The summed E-state index contributed by atoms with van der Waals surface area (Å²) in [6.07, 6.45) is 21.1. The van der Waals surface area contributed by atoms with Crippen molar-refractivity contribution in [2.24, 2.45) is 0 Å². The van der Waals surface area contributed by atoms with Crippen LogP contribution < -0.4 is 0 Å². The lowest BCUT2D eigenvalue weighted by molar-refractivity contribution is -0.131. The summed E-state index contributed by atoms with van der Waals surface area (Å²) in [6, 6.07) is 0. The fraction of sp³-hybridized carbons (Fsp3) is 0.588. The van der Waals surface area contributed by atoms with Gasteiger partial charge in [-0.05, 0) is 19.3 Å². The van der Waals surface area contributed by atoms with E-state index in [1.54, 1.807) is 6.08 Å². The van der Waals surface area contributed by atoms with Crippen molar-refractivity contribution >= 4 is 5.97 Å². The molecule has 0 aromatic rings. The van der Waals surface area contributed by atoms with Crippen LogP contribution in [0.15, 0.2) is 36.5 Å². The Balaban J connectivity index is 3.25. The van der Waals surface area contributed by atoms with Gasteiger partial charge in [0.25, 0.3) is 0 Å². The van der Waals surface area contributed by atoms with E-state index in [-0.39, 0.29) is 0 Å². The molecule has 0 aromatic heterocycles. The topological polar surface area (TPSA) is 57.5 Å². The van der Waals surface area contributed by atoms with Gasteiger partial charge in [-0.25, -0.2) is 4.79 Å². The van der Waals surface area contributed by atoms with Gasteiger partial charge in [0.2, 0.25) is 0 Å². The molecule has 0 spiro atoms. The molecule has 2 N–H and O–H groups in total. The Hall–Kier alpha value is -1.35. The van der Waals surface area contributed by atoms with Crippen molar-refractivity contribution in [1.29, 1.82) is 0 Å². The summed E-state index contributed by atoms with van der Waals surface area (Å²) in [6.45, 7) is 0.326. The molecule has 0 rings (SSSR count). The molecule has 0 bridgehead atoms. The van der Waals surface area contributed by atoms with Crippen LogP contribution in [0.5, 0.6) is 0 Å². The summed E-state index contributed by atoms with van der Waals surface area (Å²) in [4.78, 5) is 10.2. The maximum absolute atomic E-state index is 10.2. The maximum atomic E-state index is 10.2. The molecule has 0 saturated carbocycles. The van der Waals surface area contributed by atoms with Crippen molar-refractivity contribution < 1.29 is 15.0 Å². The minimum Gasteiger partial charge on any atom is -0.478 e. The van der Waals surface area contributed by atoms with Crippen molar-refractivity contribution in [3.8, 4) is 0 Å². The highest BCUT2D eigenvalue weighted by molar-refractivity contribution is 5.80. The molecule has 0 aliphatic heterocycles. The van der Waals surface area contributed by atoms with Gasteiger partial charge in [0, 0.05) is 12.7 Å². The van der Waals surface area contributed by atoms with Crippen LogP contribution in [0.3, 0.4) is 0 Å². The number of hydrogen-bond acceptors (Lipinski definition) is 2. The van der Waals surface area contributed by atoms with Crippen LogP contribution in [0.2, 0.25) is 0 Å². The number of aliphatic hydroxyl groups is 1. The van der Waals surface area contributed by atoms with Crippen LogP contribution in [0, 0.1) is 0 Å². The third kappa shape index (κ3) is 16.6. The molecule has 0 aliphatic carbocycles. The molecule has 0 unspecified atom stereocenters. The van der Waals surface area contributed by atoms with Crippen molar-refractivity contribution in [3.63, 3.8) is 0 Å². The number of carboxylic acids is 1. The molecule has 3 heteroatoms. The van der Waals surface area contributed by atoms with E-state index in [2.05, 4.69) is 6.08 Å². The number of allylic oxidation sites excluding steroid dienone is 5. The predicted molar refractivity (Wildman–Crippen MR) is 83.7 cm³/mol. The predicted octanol–water partition coefficient (Wildman–Crippen LogP) is 4.24. The van der Waals surface area contributed by atoms with E-state index >= 15 is 0 Å². The second kappa shape index (κ2) is 15.7. The van der Waals surface area contributed by atoms with Crippen molar-refractivity contribution in [2.75, 3.05) is 6.61 Å². The van der Waals surface area contributed by atoms with Gasteiger partial charge in [-0.3, -0.25) is 0 Å². The Labute approximate surface area is 122 Å². The zero-order chi connectivity index (χ0) is 14.9. The molecule has 114 valence electrons. The number of carboxylic acid groups (broad SMARTS) is 1. The molecule has 0 fully saturated rings. The third-order valence-electron chi connectivity index (χ3n) is 2.99. The molecule has 0 saturated heterocycles. The van der Waals surface area contributed by atoms with Gasteiger partial charge >= 0.3 is 5.97 Å². The van der Waals surface area contributed by atoms with E-state index in [9.17, 15) is 4.79 Å². The zero-order valence-electron chi connectivity index (χ0n) is 12.3. The van der Waals surface area contributed by atoms with Gasteiger partial charge in [0.1, 0.15) is 0 Å². The number of hydrogen-bond donors (Lipinski definition) is 2. The van der Waals surface area contributed by atoms with E-state index in [0.29, 0.717) is 6.61 Å². The lowest BCUT2D eigenvalue weighted by Gasteiger charge is -2.00. The summed E-state index contributed by atoms with van der Waals surface area (Å²) in [7, 11) is 0. The number of carbonyl (C=O) groups is 1. The van der Waals surface area contributed by atoms with Crippen molar-refractivity contribution in [2.45, 2.75) is 57.8 Å². The van der Waals surface area contributed by atoms with Crippen LogP contribution in [0.25, 0.3) is 0 Å². The smallest absolute Gasteiger partial charge is 0.328 e. The number of rotatable bonds is 13. The fourth-order valence-corrected chi connectivity index (χ4v) is 1.88. The quantitative estimate of drug-likeness (QED) is 0.301. The molecule has 0 aliphatic rings. The first-order valence-electron chi connectivity index (χ1n) is 7.61. The molecule has 0 atom stereocenters. The second-order valence-corrected chi connectivity index (χ2v) is 4.85. The highest BCUT2D eigenvalue weighted by Crippen LogP contribution is 2.09. The van der Waals surface area contributed by atoms with Gasteiger partial charge < -0.3 is 10.2 Å². The van der Waals surface area contributed by atoms with E-state index < -0.39 is 5.97 Å². The highest BCUT2D eigenvalue weighted by Gasteiger charge is 1.91. The summed E-state index contributed by atoms with van der Waals surface area (Å²) >= 11 is 0. The van der Waals surface area contributed by atoms with Crippen LogP contribution >= 0.6 is 0 Å². The fourth-order valence-electron chi connectivity index (χ4n) is 1.88. The standard InChI is InChI=1S/C17H28O3/c18-16-14-12-10-8-6-4-2-1-3-5-7-9-11-13-15-17(19)20/h5,7,9,11,13,15,18H,1-4,6,8,10,12,14,16H2,(H,19,20). The van der Waals surface area contributed by atoms with Gasteiger partial charge in [0.15, 0.2) is 0 Å². The first kappa shape index (κ1) is 18.7. The molecule has 0 aromatic carbocycles. The van der Waals surface area contributed by atoms with E-state index in [0.717, 1.165) is 25.3 Å². The normalized spacial score (nSPS) is 12.1. The molecular formula is C17H28O3. The highest BCUT2D eigenvalue weighted by atomic mass is 16.4. The lowest BCUT2D eigenvalue weighted by Crippen LogP contribution is -1.84. The van der Waals surface area contributed by atoms with E-state index in [4.69, 9.17) is 10.2 Å². The van der Waals surface area contributed by atoms with Crippen molar-refractivity contribution in [3.05, 3.63) is 36.5 Å². The monoisotopic (exact) mass is 280 g/mol. The molecule has 0 heterocycles. The van der Waals surface area contributed by atoms with E-state index in [1.165, 1.54) is 44.6 Å². The molecule has 20 heavy (non-hydrogen) atoms. The zero-order valence-corrected chi connectivity index (χ0v) is 12.3. The van der Waals surface area contributed by atoms with Crippen LogP contribution in [-0.2, 0) is 4.79 Å². The molecule has 0 radical (unpaired) electrons. The first-order chi connectivity index (χ1) is 9.77. The molecular weight excluding hydrogens is 252 g/mol. The SMILES string of the molecule is O=C(O)C=CC=CC=CCCCCCCCCCCO. The Morgan fingerprint density at radius 2 is 1.30 bits per heavy atom. The van der Waals surface area contributed by atoms with Crippen LogP contribution in [-0.4, -0.2) is 22.8 Å². The summed E-state index contributed by atoms with van der Waals surface area (Å²) < 4.78 is 0. The number of aliphatic hydroxyl groups excluding tert-OH is 1. The largest absolute Gasteiger partial charge is 0.478 e. The van der Waals surface area contributed by atoms with Crippen molar-refractivity contribution in [1.82, 2.24) is 0 Å². The molecule has 0 amide bonds. The van der Waals surface area contributed by atoms with Gasteiger partial charge in [-0.2, -0.15) is 0 Å². The first-order valence-corrected chi connectivity index (χ1v) is 7.61. The average molecular weight is 280 g/mol. The lowest BCUT2D eigenvalue weighted by atomic mass is 10.1. The minimum absolute atomic E-state index is 0.326.